The molecule has 0 aliphatic carbocycles. The lowest BCUT2D eigenvalue weighted by molar-refractivity contribution is 0.487. The van der Waals surface area contributed by atoms with Crippen LogP contribution in [-0.4, -0.2) is 34.3 Å². The van der Waals surface area contributed by atoms with Crippen molar-refractivity contribution in [2.24, 2.45) is 7.05 Å². The fourth-order valence-corrected chi connectivity index (χ4v) is 5.63. The molecular weight excluding hydrogens is 350 g/mol. The first-order chi connectivity index (χ1) is 12.4. The molecule has 2 aromatic heterocycles. The number of nitrogens with zero attached hydrogens (tertiary/aromatic N) is 5. The van der Waals surface area contributed by atoms with Crippen molar-refractivity contribution in [3.05, 3.63) is 59.9 Å². The van der Waals surface area contributed by atoms with E-state index in [4.69, 9.17) is 0 Å². The first-order valence-electron chi connectivity index (χ1n) is 8.48. The van der Waals surface area contributed by atoms with Gasteiger partial charge in [0.25, 0.3) is 10.0 Å². The molecule has 0 radical (unpaired) electrons. The van der Waals surface area contributed by atoms with Gasteiger partial charge in [-0.15, -0.1) is 0 Å². The van der Waals surface area contributed by atoms with Gasteiger partial charge in [-0.05, 0) is 31.9 Å². The van der Waals surface area contributed by atoms with E-state index in [0.29, 0.717) is 22.8 Å². The molecular formula is C18H21N5O2S. The number of sulfonamides is 1. The molecule has 3 heterocycles. The molecule has 1 atom stereocenters. The van der Waals surface area contributed by atoms with Crippen LogP contribution in [0.15, 0.2) is 47.9 Å². The van der Waals surface area contributed by atoms with Crippen molar-refractivity contribution < 1.29 is 8.42 Å². The third-order valence-electron chi connectivity index (χ3n) is 5.03. The molecule has 0 amide bonds. The van der Waals surface area contributed by atoms with Crippen LogP contribution in [0, 0.1) is 13.8 Å². The number of fused-ring (bicyclic) bond motifs is 1. The predicted molar refractivity (Wildman–Crippen MR) is 98.6 cm³/mol. The summed E-state index contributed by atoms with van der Waals surface area (Å²) in [5, 5.41) is 4.29. The van der Waals surface area contributed by atoms with Crippen molar-refractivity contribution >= 4 is 15.7 Å². The number of hydrogen-bond acceptors (Lipinski definition) is 4. The van der Waals surface area contributed by atoms with Gasteiger partial charge in [-0.3, -0.25) is 8.99 Å². The van der Waals surface area contributed by atoms with E-state index in [1.165, 1.54) is 4.31 Å². The topological polar surface area (TPSA) is 73.0 Å². The van der Waals surface area contributed by atoms with Gasteiger partial charge in [0.2, 0.25) is 0 Å². The van der Waals surface area contributed by atoms with Crippen LogP contribution in [0.3, 0.4) is 0 Å². The summed E-state index contributed by atoms with van der Waals surface area (Å²) in [5.41, 5.74) is 2.92. The molecule has 7 nitrogen and oxygen atoms in total. The fraction of sp³-hybridized carbons (Fsp3) is 0.333. The molecule has 0 N–H and O–H groups in total. The predicted octanol–water partition coefficient (Wildman–Crippen LogP) is 2.23. The van der Waals surface area contributed by atoms with Gasteiger partial charge in [0, 0.05) is 19.4 Å². The Bertz CT molecular complexity index is 1050. The highest BCUT2D eigenvalue weighted by molar-refractivity contribution is 7.93. The first-order valence-corrected chi connectivity index (χ1v) is 9.92. The van der Waals surface area contributed by atoms with Crippen molar-refractivity contribution in [3.8, 4) is 0 Å². The molecule has 26 heavy (non-hydrogen) atoms. The monoisotopic (exact) mass is 371 g/mol. The van der Waals surface area contributed by atoms with Crippen LogP contribution >= 0.6 is 0 Å². The quantitative estimate of drug-likeness (QED) is 0.708. The maximum Gasteiger partial charge on any atom is 0.268 e. The highest BCUT2D eigenvalue weighted by atomic mass is 32.2. The van der Waals surface area contributed by atoms with Gasteiger partial charge in [-0.1, -0.05) is 18.2 Å². The second kappa shape index (κ2) is 5.98. The summed E-state index contributed by atoms with van der Waals surface area (Å²) in [6.07, 6.45) is 6.10. The molecule has 0 bridgehead atoms. The Morgan fingerprint density at radius 3 is 2.62 bits per heavy atom. The van der Waals surface area contributed by atoms with Crippen LogP contribution in [0.4, 0.5) is 5.69 Å². The minimum Gasteiger partial charge on any atom is -0.332 e. The van der Waals surface area contributed by atoms with E-state index < -0.39 is 10.0 Å². The van der Waals surface area contributed by atoms with Crippen molar-refractivity contribution in [3.63, 3.8) is 0 Å². The Labute approximate surface area is 152 Å². The summed E-state index contributed by atoms with van der Waals surface area (Å²) in [4.78, 5) is 4.40. The molecule has 8 heteroatoms. The highest BCUT2D eigenvalue weighted by Gasteiger charge is 2.36. The number of rotatable bonds is 3. The van der Waals surface area contributed by atoms with Crippen LogP contribution in [0.25, 0.3) is 0 Å². The summed E-state index contributed by atoms with van der Waals surface area (Å²) in [5.74, 6) is 0. The van der Waals surface area contributed by atoms with Crippen LogP contribution in [0.2, 0.25) is 0 Å². The van der Waals surface area contributed by atoms with Crippen molar-refractivity contribution in [1.82, 2.24) is 19.3 Å². The van der Waals surface area contributed by atoms with Gasteiger partial charge in [-0.2, -0.15) is 5.10 Å². The van der Waals surface area contributed by atoms with Crippen molar-refractivity contribution in [2.45, 2.75) is 31.2 Å². The van der Waals surface area contributed by atoms with E-state index in [2.05, 4.69) is 10.1 Å². The van der Waals surface area contributed by atoms with E-state index in [-0.39, 0.29) is 6.04 Å². The Morgan fingerprint density at radius 2 is 1.96 bits per heavy atom. The van der Waals surface area contributed by atoms with Crippen molar-refractivity contribution in [2.75, 3.05) is 10.8 Å². The molecule has 1 aliphatic heterocycles. The number of imidazole rings is 1. The molecule has 1 unspecified atom stereocenters. The maximum atomic E-state index is 13.6. The van der Waals surface area contributed by atoms with E-state index in [9.17, 15) is 8.42 Å². The third-order valence-corrected chi connectivity index (χ3v) is 7.06. The Kier molecular flexibility index (Phi) is 3.87. The number of aryl methyl sites for hydroxylation is 2. The molecule has 0 saturated carbocycles. The number of benzene rings is 1. The Morgan fingerprint density at radius 1 is 1.19 bits per heavy atom. The van der Waals surface area contributed by atoms with Gasteiger partial charge < -0.3 is 4.57 Å². The molecule has 1 aliphatic rings. The van der Waals surface area contributed by atoms with Gasteiger partial charge in [0.15, 0.2) is 0 Å². The van der Waals surface area contributed by atoms with Crippen LogP contribution < -0.4 is 4.31 Å². The molecule has 1 aromatic carbocycles. The van der Waals surface area contributed by atoms with E-state index in [1.54, 1.807) is 38.1 Å². The standard InChI is InChI=1S/C18H21N5O2S/c1-13-18(14(2)21(3)20-13)26(24,25)23-11-16(22-9-8-19-12-22)10-15-6-4-5-7-17(15)23/h4-9,12,16H,10-11H2,1-3H3. The summed E-state index contributed by atoms with van der Waals surface area (Å²) >= 11 is 0. The Balaban J connectivity index is 1.86. The average molecular weight is 371 g/mol. The van der Waals surface area contributed by atoms with E-state index in [0.717, 1.165) is 17.7 Å². The zero-order chi connectivity index (χ0) is 18.5. The minimum absolute atomic E-state index is 0.000501. The smallest absolute Gasteiger partial charge is 0.268 e. The van der Waals surface area contributed by atoms with Crippen molar-refractivity contribution in [1.29, 1.82) is 0 Å². The highest BCUT2D eigenvalue weighted by Crippen LogP contribution is 2.36. The van der Waals surface area contributed by atoms with Gasteiger partial charge in [-0.25, -0.2) is 13.4 Å². The SMILES string of the molecule is Cc1nn(C)c(C)c1S(=O)(=O)N1CC(n2ccnc2)Cc2ccccc21. The molecule has 4 rings (SSSR count). The lowest BCUT2D eigenvalue weighted by Gasteiger charge is -2.35. The largest absolute Gasteiger partial charge is 0.332 e. The number of anilines is 1. The number of para-hydroxylation sites is 1. The van der Waals surface area contributed by atoms with Crippen LogP contribution in [0.1, 0.15) is 23.0 Å². The zero-order valence-electron chi connectivity index (χ0n) is 15.0. The second-order valence-electron chi connectivity index (χ2n) is 6.66. The van der Waals surface area contributed by atoms with Gasteiger partial charge in [0.05, 0.1) is 36.0 Å². The third kappa shape index (κ3) is 2.52. The minimum atomic E-state index is -3.72. The number of hydrogen-bond donors (Lipinski definition) is 0. The molecule has 0 fully saturated rings. The first kappa shape index (κ1) is 16.8. The summed E-state index contributed by atoms with van der Waals surface area (Å²) in [7, 11) is -1.96. The normalized spacial score (nSPS) is 17.3. The average Bonchev–Trinajstić information content (AvgIpc) is 3.23. The summed E-state index contributed by atoms with van der Waals surface area (Å²) in [6.45, 7) is 3.89. The molecule has 0 saturated heterocycles. The lowest BCUT2D eigenvalue weighted by Crippen LogP contribution is -2.41. The summed E-state index contributed by atoms with van der Waals surface area (Å²) in [6, 6.07) is 7.68. The molecule has 3 aromatic rings. The van der Waals surface area contributed by atoms with Crippen LogP contribution in [0.5, 0.6) is 0 Å². The van der Waals surface area contributed by atoms with E-state index in [1.807, 2.05) is 35.0 Å². The van der Waals surface area contributed by atoms with Gasteiger partial charge >= 0.3 is 0 Å². The lowest BCUT2D eigenvalue weighted by atomic mass is 10.00. The summed E-state index contributed by atoms with van der Waals surface area (Å²) < 4.78 is 32.2. The maximum absolute atomic E-state index is 13.6. The second-order valence-corrected chi connectivity index (χ2v) is 8.46. The van der Waals surface area contributed by atoms with Gasteiger partial charge in [0.1, 0.15) is 4.90 Å². The fourth-order valence-electron chi connectivity index (χ4n) is 3.69. The zero-order valence-corrected chi connectivity index (χ0v) is 15.8. The molecule has 0 spiro atoms. The molecule has 136 valence electrons. The van der Waals surface area contributed by atoms with Crippen LogP contribution in [-0.2, 0) is 23.5 Å². The van der Waals surface area contributed by atoms with E-state index >= 15 is 0 Å². The Hall–Kier alpha value is -2.61. The number of aromatic nitrogens is 4.